The molecule has 0 spiro atoms. The van der Waals surface area contributed by atoms with Crippen LogP contribution in [0.25, 0.3) is 0 Å². The van der Waals surface area contributed by atoms with E-state index in [0.29, 0.717) is 36.1 Å². The molecule has 218 valence electrons. The van der Waals surface area contributed by atoms with Crippen LogP contribution in [0.15, 0.2) is 71.4 Å². The van der Waals surface area contributed by atoms with Crippen molar-refractivity contribution in [3.05, 3.63) is 100 Å². The van der Waals surface area contributed by atoms with Crippen LogP contribution >= 0.6 is 0 Å². The van der Waals surface area contributed by atoms with Crippen molar-refractivity contribution in [2.75, 3.05) is 5.54 Å². The fourth-order valence-corrected chi connectivity index (χ4v) is 5.62. The molecule has 2 aromatic rings. The fourth-order valence-electron chi connectivity index (χ4n) is 5.62. The standard InChI is InChI=1S/C32H34F5N3O/c1-4-5-22(10-13-32(34,35)36)6-7-23-8-9-24-20-40(27-11-14-38-15-12-27)30(41)31(3,28(24)16-23)19-25-17-26(33)18-29(39-37)21(25)2/h4-6,8-9,11,14-18,27,39H,7,10,12-13,19-20H2,1-3H3/b5-4-,22-6+. The molecule has 4 rings (SSSR count). The smallest absolute Gasteiger partial charge is 0.331 e. The number of benzene rings is 2. The molecule has 4 nitrogen and oxygen atoms in total. The molecule has 0 saturated carbocycles. The molecule has 0 saturated heterocycles. The number of aliphatic imine (C=N–C) groups is 1. The van der Waals surface area contributed by atoms with Gasteiger partial charge in [0.05, 0.1) is 17.1 Å². The summed E-state index contributed by atoms with van der Waals surface area (Å²) in [5, 5.41) is 0. The second-order valence-corrected chi connectivity index (χ2v) is 10.8. The van der Waals surface area contributed by atoms with Crippen molar-refractivity contribution in [3.8, 4) is 0 Å². The van der Waals surface area contributed by atoms with Crippen molar-refractivity contribution in [2.24, 2.45) is 4.99 Å². The van der Waals surface area contributed by atoms with Crippen LogP contribution in [0, 0.1) is 12.7 Å². The zero-order valence-electron chi connectivity index (χ0n) is 23.4. The average Bonchev–Trinajstić information content (AvgIpc) is 2.94. The maximum atomic E-state index is 14.5. The van der Waals surface area contributed by atoms with E-state index in [1.54, 1.807) is 54.9 Å². The Morgan fingerprint density at radius 2 is 2.02 bits per heavy atom. The Morgan fingerprint density at radius 3 is 2.68 bits per heavy atom. The van der Waals surface area contributed by atoms with Crippen molar-refractivity contribution < 1.29 is 26.8 Å². The molecule has 2 aliphatic rings. The summed E-state index contributed by atoms with van der Waals surface area (Å²) in [5.74, 6) is -0.754. The summed E-state index contributed by atoms with van der Waals surface area (Å²) in [6, 6.07) is 8.02. The maximum Gasteiger partial charge on any atom is 0.389 e. The molecule has 9 heteroatoms. The summed E-state index contributed by atoms with van der Waals surface area (Å²) in [6.45, 7) is 5.63. The van der Waals surface area contributed by atoms with Gasteiger partial charge in [-0.3, -0.25) is 9.79 Å². The highest BCUT2D eigenvalue weighted by molar-refractivity contribution is 5.91. The minimum absolute atomic E-state index is 0.00427. The van der Waals surface area contributed by atoms with Crippen LogP contribution < -0.4 is 5.54 Å². The number of fused-ring (bicyclic) bond motifs is 1. The molecule has 2 heterocycles. The highest BCUT2D eigenvalue weighted by Gasteiger charge is 2.45. The zero-order valence-corrected chi connectivity index (χ0v) is 23.4. The average molecular weight is 572 g/mol. The summed E-state index contributed by atoms with van der Waals surface area (Å²) in [6.07, 6.45) is 6.30. The molecule has 0 aromatic heterocycles. The third-order valence-electron chi connectivity index (χ3n) is 7.89. The molecule has 0 radical (unpaired) electrons. The van der Waals surface area contributed by atoms with Crippen molar-refractivity contribution in [1.29, 1.82) is 0 Å². The van der Waals surface area contributed by atoms with Gasteiger partial charge in [0.25, 0.3) is 0 Å². The normalized spacial score (nSPS) is 21.1. The highest BCUT2D eigenvalue weighted by atomic mass is 19.4. The number of carbonyl (C=O) groups excluding carboxylic acids is 1. The SMILES string of the molecule is C/C=C\C(=C/Cc1ccc2c(c1)C(C)(Cc1cc(F)cc(NF)c1C)C(=O)N(C1C=CN=CC1)C2)CCC(F)(F)F. The first kappa shape index (κ1) is 30.2. The molecule has 0 aliphatic carbocycles. The number of halogens is 5. The van der Waals surface area contributed by atoms with Gasteiger partial charge in [0.2, 0.25) is 5.91 Å². The number of anilines is 1. The van der Waals surface area contributed by atoms with Gasteiger partial charge >= 0.3 is 6.18 Å². The number of nitrogens with one attached hydrogen (secondary N) is 1. The van der Waals surface area contributed by atoms with E-state index in [2.05, 4.69) is 4.99 Å². The molecule has 41 heavy (non-hydrogen) atoms. The van der Waals surface area contributed by atoms with E-state index in [4.69, 9.17) is 0 Å². The number of hydrogen-bond donors (Lipinski definition) is 1. The summed E-state index contributed by atoms with van der Waals surface area (Å²) in [5.41, 5.74) is 4.58. The van der Waals surface area contributed by atoms with Gasteiger partial charge in [0, 0.05) is 31.8 Å². The van der Waals surface area contributed by atoms with E-state index in [9.17, 15) is 26.8 Å². The maximum absolute atomic E-state index is 14.5. The lowest BCUT2D eigenvalue weighted by Gasteiger charge is -2.44. The number of alkyl halides is 3. The Bertz CT molecular complexity index is 1410. The van der Waals surface area contributed by atoms with Crippen LogP contribution in [0.1, 0.15) is 60.9 Å². The van der Waals surface area contributed by atoms with Gasteiger partial charge in [-0.25, -0.2) is 9.93 Å². The lowest BCUT2D eigenvalue weighted by Crippen LogP contribution is -2.54. The van der Waals surface area contributed by atoms with Crippen LogP contribution in [0.5, 0.6) is 0 Å². The van der Waals surface area contributed by atoms with E-state index in [1.807, 2.05) is 31.2 Å². The van der Waals surface area contributed by atoms with Crippen LogP contribution in [0.3, 0.4) is 0 Å². The lowest BCUT2D eigenvalue weighted by molar-refractivity contribution is -0.140. The Balaban J connectivity index is 1.74. The minimum atomic E-state index is -4.24. The first-order valence-electron chi connectivity index (χ1n) is 13.6. The van der Waals surface area contributed by atoms with Gasteiger partial charge in [-0.15, -0.1) is 4.48 Å². The van der Waals surface area contributed by atoms with Gasteiger partial charge in [-0.05, 0) is 86.1 Å². The summed E-state index contributed by atoms with van der Waals surface area (Å²) in [7, 11) is 0. The molecule has 2 aliphatic heterocycles. The largest absolute Gasteiger partial charge is 0.389 e. The van der Waals surface area contributed by atoms with Gasteiger partial charge in [0.15, 0.2) is 0 Å². The zero-order chi connectivity index (χ0) is 29.8. The number of amides is 1. The Morgan fingerprint density at radius 1 is 1.24 bits per heavy atom. The summed E-state index contributed by atoms with van der Waals surface area (Å²) < 4.78 is 66.4. The van der Waals surface area contributed by atoms with Crippen molar-refractivity contribution in [2.45, 2.75) is 77.1 Å². The van der Waals surface area contributed by atoms with Gasteiger partial charge in [-0.1, -0.05) is 42.0 Å². The Labute approximate surface area is 237 Å². The molecular weight excluding hydrogens is 537 g/mol. The lowest BCUT2D eigenvalue weighted by atomic mass is 9.70. The predicted octanol–water partition coefficient (Wildman–Crippen LogP) is 8.02. The topological polar surface area (TPSA) is 44.7 Å². The summed E-state index contributed by atoms with van der Waals surface area (Å²) >= 11 is 0. The fraction of sp³-hybridized carbons (Fsp3) is 0.375. The number of allylic oxidation sites excluding steroid dienone is 4. The van der Waals surface area contributed by atoms with E-state index in [-0.39, 0.29) is 30.5 Å². The Kier molecular flexibility index (Phi) is 9.14. The minimum Gasteiger partial charge on any atom is -0.331 e. The van der Waals surface area contributed by atoms with E-state index < -0.39 is 23.8 Å². The first-order valence-corrected chi connectivity index (χ1v) is 13.6. The molecule has 2 atom stereocenters. The van der Waals surface area contributed by atoms with Crippen molar-refractivity contribution in [3.63, 3.8) is 0 Å². The number of nitrogens with zero attached hydrogens (tertiary/aromatic N) is 2. The Hall–Kier alpha value is -3.75. The second kappa shape index (κ2) is 12.4. The summed E-state index contributed by atoms with van der Waals surface area (Å²) in [4.78, 5) is 20.2. The van der Waals surface area contributed by atoms with Crippen LogP contribution in [-0.4, -0.2) is 29.2 Å². The monoisotopic (exact) mass is 571 g/mol. The molecule has 0 fully saturated rings. The van der Waals surface area contributed by atoms with Crippen molar-refractivity contribution in [1.82, 2.24) is 4.90 Å². The van der Waals surface area contributed by atoms with Crippen LogP contribution in [0.4, 0.5) is 27.7 Å². The van der Waals surface area contributed by atoms with Gasteiger partial charge in [0.1, 0.15) is 5.82 Å². The number of hydrogen-bond acceptors (Lipinski definition) is 3. The third-order valence-corrected chi connectivity index (χ3v) is 7.89. The molecule has 2 aromatic carbocycles. The van der Waals surface area contributed by atoms with Crippen molar-refractivity contribution >= 4 is 17.8 Å². The highest BCUT2D eigenvalue weighted by Crippen LogP contribution is 2.41. The van der Waals surface area contributed by atoms with E-state index in [0.717, 1.165) is 22.8 Å². The second-order valence-electron chi connectivity index (χ2n) is 10.8. The van der Waals surface area contributed by atoms with Gasteiger partial charge < -0.3 is 4.90 Å². The van der Waals surface area contributed by atoms with Crippen LogP contribution in [-0.2, 0) is 29.6 Å². The molecule has 1 amide bonds. The molecule has 2 unspecified atom stereocenters. The quantitative estimate of drug-likeness (QED) is 0.188. The first-order chi connectivity index (χ1) is 19.4. The number of rotatable bonds is 9. The van der Waals surface area contributed by atoms with E-state index >= 15 is 0 Å². The predicted molar refractivity (Wildman–Crippen MR) is 152 cm³/mol. The molecule has 1 N–H and O–H groups in total. The van der Waals surface area contributed by atoms with Crippen LogP contribution in [0.2, 0.25) is 0 Å². The molecular formula is C32H34F5N3O. The van der Waals surface area contributed by atoms with Gasteiger partial charge in [-0.2, -0.15) is 13.2 Å². The van der Waals surface area contributed by atoms with E-state index in [1.165, 1.54) is 6.07 Å². The number of carbonyl (C=O) groups is 1. The third kappa shape index (κ3) is 6.94. The molecule has 0 bridgehead atoms.